The average Bonchev–Trinajstić information content (AvgIpc) is 2.25. The van der Waals surface area contributed by atoms with Crippen LogP contribution < -0.4 is 0 Å². The van der Waals surface area contributed by atoms with Crippen molar-refractivity contribution in [3.63, 3.8) is 0 Å². The summed E-state index contributed by atoms with van der Waals surface area (Å²) in [5.74, 6) is 0.395. The van der Waals surface area contributed by atoms with Gasteiger partial charge in [0.25, 0.3) is 0 Å². The molecule has 1 aromatic carbocycles. The molecule has 0 bridgehead atoms. The average molecular weight is 202 g/mol. The van der Waals surface area contributed by atoms with Gasteiger partial charge in [-0.25, -0.2) is 0 Å². The van der Waals surface area contributed by atoms with Gasteiger partial charge >= 0.3 is 0 Å². The first-order valence-electron chi connectivity index (χ1n) is 5.39. The van der Waals surface area contributed by atoms with Gasteiger partial charge in [-0.3, -0.25) is 0 Å². The van der Waals surface area contributed by atoms with Crippen LogP contribution in [-0.4, -0.2) is 6.29 Å². The van der Waals surface area contributed by atoms with Crippen LogP contribution in [0.3, 0.4) is 0 Å². The minimum absolute atomic E-state index is 0.395. The van der Waals surface area contributed by atoms with Crippen molar-refractivity contribution in [2.24, 2.45) is 0 Å². The standard InChI is InChI=1S/C14H18O/c1-12(2)14(10-6-7-11-15)13-8-4-3-5-9-13/h3-5,8-9,11,14H,1,6-7,10H2,2H3. The van der Waals surface area contributed by atoms with E-state index in [0.29, 0.717) is 12.3 Å². The first kappa shape index (κ1) is 11.7. The molecule has 0 amide bonds. The molecule has 0 spiro atoms. The quantitative estimate of drug-likeness (QED) is 0.390. The summed E-state index contributed by atoms with van der Waals surface area (Å²) in [7, 11) is 0. The molecule has 0 aliphatic carbocycles. The number of rotatable bonds is 6. The molecule has 0 radical (unpaired) electrons. The number of carbonyl (C=O) groups excluding carboxylic acids is 1. The van der Waals surface area contributed by atoms with Crippen LogP contribution in [0, 0.1) is 0 Å². The first-order chi connectivity index (χ1) is 7.25. The highest BCUT2D eigenvalue weighted by Crippen LogP contribution is 2.27. The minimum atomic E-state index is 0.395. The van der Waals surface area contributed by atoms with E-state index >= 15 is 0 Å². The number of hydrogen-bond acceptors (Lipinski definition) is 1. The second-order valence-electron chi connectivity index (χ2n) is 3.91. The second kappa shape index (κ2) is 6.18. The second-order valence-corrected chi connectivity index (χ2v) is 3.91. The molecule has 0 aliphatic rings. The van der Waals surface area contributed by atoms with Crippen molar-refractivity contribution in [3.05, 3.63) is 48.0 Å². The Kier molecular flexibility index (Phi) is 4.82. The summed E-state index contributed by atoms with van der Waals surface area (Å²) in [5.41, 5.74) is 2.47. The zero-order valence-electron chi connectivity index (χ0n) is 9.28. The van der Waals surface area contributed by atoms with Gasteiger partial charge in [-0.1, -0.05) is 42.5 Å². The summed E-state index contributed by atoms with van der Waals surface area (Å²) in [6.07, 6.45) is 3.59. The van der Waals surface area contributed by atoms with Crippen LogP contribution in [0.1, 0.15) is 37.7 Å². The predicted molar refractivity (Wildman–Crippen MR) is 63.9 cm³/mol. The number of carbonyl (C=O) groups is 1. The third-order valence-corrected chi connectivity index (χ3v) is 2.61. The lowest BCUT2D eigenvalue weighted by Crippen LogP contribution is -1.99. The van der Waals surface area contributed by atoms with Gasteiger partial charge in [0.15, 0.2) is 0 Å². The number of hydrogen-bond donors (Lipinski definition) is 0. The summed E-state index contributed by atoms with van der Waals surface area (Å²) in [6.45, 7) is 6.08. The van der Waals surface area contributed by atoms with Gasteiger partial charge in [0, 0.05) is 12.3 Å². The largest absolute Gasteiger partial charge is 0.303 e. The zero-order chi connectivity index (χ0) is 11.1. The van der Waals surface area contributed by atoms with E-state index < -0.39 is 0 Å². The highest BCUT2D eigenvalue weighted by Gasteiger charge is 2.10. The lowest BCUT2D eigenvalue weighted by molar-refractivity contribution is -0.107. The topological polar surface area (TPSA) is 17.1 Å². The normalized spacial score (nSPS) is 12.1. The number of aldehydes is 1. The van der Waals surface area contributed by atoms with E-state index in [1.165, 1.54) is 11.1 Å². The van der Waals surface area contributed by atoms with E-state index in [0.717, 1.165) is 19.1 Å². The lowest BCUT2D eigenvalue weighted by atomic mass is 9.88. The highest BCUT2D eigenvalue weighted by molar-refractivity contribution is 5.49. The van der Waals surface area contributed by atoms with Crippen molar-refractivity contribution in [1.82, 2.24) is 0 Å². The SMILES string of the molecule is C=C(C)C(CCCC=O)c1ccccc1. The Hall–Kier alpha value is -1.37. The van der Waals surface area contributed by atoms with Gasteiger partial charge < -0.3 is 4.79 Å². The van der Waals surface area contributed by atoms with Crippen LogP contribution in [0.25, 0.3) is 0 Å². The fraction of sp³-hybridized carbons (Fsp3) is 0.357. The van der Waals surface area contributed by atoms with Crippen LogP contribution in [0.5, 0.6) is 0 Å². The summed E-state index contributed by atoms with van der Waals surface area (Å²) in [6, 6.07) is 10.4. The molecule has 0 aromatic heterocycles. The fourth-order valence-electron chi connectivity index (χ4n) is 1.79. The molecular weight excluding hydrogens is 184 g/mol. The van der Waals surface area contributed by atoms with Crippen molar-refractivity contribution in [3.8, 4) is 0 Å². The maximum atomic E-state index is 10.3. The van der Waals surface area contributed by atoms with Gasteiger partial charge in [-0.15, -0.1) is 0 Å². The summed E-state index contributed by atoms with van der Waals surface area (Å²) in [4.78, 5) is 10.3. The zero-order valence-corrected chi connectivity index (χ0v) is 9.28. The van der Waals surface area contributed by atoms with Crippen molar-refractivity contribution in [2.45, 2.75) is 32.1 Å². The Labute approximate surface area is 91.8 Å². The summed E-state index contributed by atoms with van der Waals surface area (Å²) in [5, 5.41) is 0. The maximum Gasteiger partial charge on any atom is 0.119 e. The summed E-state index contributed by atoms with van der Waals surface area (Å²) >= 11 is 0. The predicted octanol–water partition coefficient (Wildman–Crippen LogP) is 3.72. The molecule has 0 N–H and O–H groups in total. The first-order valence-corrected chi connectivity index (χ1v) is 5.39. The van der Waals surface area contributed by atoms with Crippen molar-refractivity contribution >= 4 is 6.29 Å². The van der Waals surface area contributed by atoms with E-state index in [-0.39, 0.29) is 0 Å². The molecule has 0 aliphatic heterocycles. The highest BCUT2D eigenvalue weighted by atomic mass is 16.1. The molecule has 0 saturated heterocycles. The molecule has 1 unspecified atom stereocenters. The molecule has 80 valence electrons. The van der Waals surface area contributed by atoms with Crippen molar-refractivity contribution in [1.29, 1.82) is 0 Å². The van der Waals surface area contributed by atoms with Gasteiger partial charge in [0.1, 0.15) is 6.29 Å². The van der Waals surface area contributed by atoms with Gasteiger partial charge in [-0.05, 0) is 25.3 Å². The Balaban J connectivity index is 2.66. The maximum absolute atomic E-state index is 10.3. The molecule has 0 heterocycles. The van der Waals surface area contributed by atoms with Crippen molar-refractivity contribution in [2.75, 3.05) is 0 Å². The molecule has 15 heavy (non-hydrogen) atoms. The number of unbranched alkanes of at least 4 members (excludes halogenated alkanes) is 1. The molecule has 1 atom stereocenters. The van der Waals surface area contributed by atoms with Crippen LogP contribution in [0.15, 0.2) is 42.5 Å². The van der Waals surface area contributed by atoms with Crippen LogP contribution in [0.4, 0.5) is 0 Å². The van der Waals surface area contributed by atoms with Crippen molar-refractivity contribution < 1.29 is 4.79 Å². The number of benzene rings is 1. The van der Waals surface area contributed by atoms with Crippen LogP contribution in [-0.2, 0) is 4.79 Å². The fourth-order valence-corrected chi connectivity index (χ4v) is 1.79. The molecule has 1 rings (SSSR count). The van der Waals surface area contributed by atoms with Gasteiger partial charge in [0.2, 0.25) is 0 Å². The monoisotopic (exact) mass is 202 g/mol. The molecule has 1 nitrogen and oxygen atoms in total. The third-order valence-electron chi connectivity index (χ3n) is 2.61. The third kappa shape index (κ3) is 3.70. The Morgan fingerprint density at radius 1 is 1.40 bits per heavy atom. The van der Waals surface area contributed by atoms with Gasteiger partial charge in [-0.2, -0.15) is 0 Å². The number of allylic oxidation sites excluding steroid dienone is 1. The van der Waals surface area contributed by atoms with E-state index in [2.05, 4.69) is 25.6 Å². The molecule has 0 fully saturated rings. The van der Waals surface area contributed by atoms with E-state index in [1.807, 2.05) is 18.2 Å². The smallest absolute Gasteiger partial charge is 0.119 e. The van der Waals surface area contributed by atoms with E-state index in [1.54, 1.807) is 0 Å². The minimum Gasteiger partial charge on any atom is -0.303 e. The van der Waals surface area contributed by atoms with E-state index in [9.17, 15) is 4.79 Å². The molecule has 1 aromatic rings. The molecular formula is C14H18O. The summed E-state index contributed by atoms with van der Waals surface area (Å²) < 4.78 is 0. The lowest BCUT2D eigenvalue weighted by Gasteiger charge is -2.16. The van der Waals surface area contributed by atoms with Crippen LogP contribution in [0.2, 0.25) is 0 Å². The molecule has 0 saturated carbocycles. The van der Waals surface area contributed by atoms with Crippen LogP contribution >= 0.6 is 0 Å². The van der Waals surface area contributed by atoms with E-state index in [4.69, 9.17) is 0 Å². The Morgan fingerprint density at radius 2 is 2.07 bits per heavy atom. The Bertz CT molecular complexity index is 313. The van der Waals surface area contributed by atoms with Gasteiger partial charge in [0.05, 0.1) is 0 Å². The molecule has 1 heteroatoms. The Morgan fingerprint density at radius 3 is 2.60 bits per heavy atom.